The topological polar surface area (TPSA) is 9.23 Å². The Labute approximate surface area is 66.4 Å². The van der Waals surface area contributed by atoms with Gasteiger partial charge in [0.2, 0.25) is 0 Å². The maximum absolute atomic E-state index is 5.08. The van der Waals surface area contributed by atoms with Gasteiger partial charge in [0, 0.05) is 10.5 Å². The van der Waals surface area contributed by atoms with Crippen LogP contribution in [-0.2, 0) is 0 Å². The van der Waals surface area contributed by atoms with Gasteiger partial charge in [0.25, 0.3) is 0 Å². The van der Waals surface area contributed by atoms with Gasteiger partial charge in [0.1, 0.15) is 5.75 Å². The van der Waals surface area contributed by atoms with Crippen molar-refractivity contribution >= 4 is 12.6 Å². The van der Waals surface area contributed by atoms with Gasteiger partial charge in [-0.15, -0.1) is 12.6 Å². The summed E-state index contributed by atoms with van der Waals surface area (Å²) < 4.78 is 5.08. The molecule has 0 aromatic heterocycles. The van der Waals surface area contributed by atoms with Gasteiger partial charge in [-0.3, -0.25) is 0 Å². The van der Waals surface area contributed by atoms with Crippen molar-refractivity contribution in [3.63, 3.8) is 0 Å². The van der Waals surface area contributed by atoms with Crippen LogP contribution in [0.5, 0.6) is 5.75 Å². The highest BCUT2D eigenvalue weighted by Crippen LogP contribution is 2.22. The van der Waals surface area contributed by atoms with Crippen LogP contribution in [0.25, 0.3) is 0 Å². The number of thiol groups is 1. The zero-order valence-electron chi connectivity index (χ0n) is 6.09. The Morgan fingerprint density at radius 1 is 1.40 bits per heavy atom. The Balaban J connectivity index is 3.14. The molecule has 1 rings (SSSR count). The first-order valence-electron chi connectivity index (χ1n) is 3.08. The summed E-state index contributed by atoms with van der Waals surface area (Å²) in [7, 11) is 1.66. The molecule has 0 radical (unpaired) electrons. The monoisotopic (exact) mass is 154 g/mol. The molecular weight excluding hydrogens is 144 g/mol. The molecule has 1 aromatic carbocycles. The second-order valence-electron chi connectivity index (χ2n) is 2.10. The second-order valence-corrected chi connectivity index (χ2v) is 2.59. The number of hydrogen-bond donors (Lipinski definition) is 1. The molecule has 0 aliphatic rings. The molecule has 0 heterocycles. The first-order valence-corrected chi connectivity index (χ1v) is 3.53. The largest absolute Gasteiger partial charge is 0.496 e. The molecule has 54 valence electrons. The van der Waals surface area contributed by atoms with Crippen LogP contribution in [0.3, 0.4) is 0 Å². The molecule has 0 fully saturated rings. The van der Waals surface area contributed by atoms with Crippen molar-refractivity contribution in [1.29, 1.82) is 0 Å². The van der Waals surface area contributed by atoms with Crippen molar-refractivity contribution in [1.82, 2.24) is 0 Å². The fourth-order valence-electron chi connectivity index (χ4n) is 0.824. The van der Waals surface area contributed by atoms with E-state index in [0.717, 1.165) is 16.2 Å². The van der Waals surface area contributed by atoms with Gasteiger partial charge in [-0.2, -0.15) is 0 Å². The van der Waals surface area contributed by atoms with E-state index in [0.29, 0.717) is 0 Å². The smallest absolute Gasteiger partial charge is 0.122 e. The van der Waals surface area contributed by atoms with Crippen molar-refractivity contribution in [2.45, 2.75) is 11.8 Å². The zero-order chi connectivity index (χ0) is 7.56. The number of methoxy groups -OCH3 is 1. The summed E-state index contributed by atoms with van der Waals surface area (Å²) in [6.07, 6.45) is 0. The molecule has 0 atom stereocenters. The molecule has 10 heavy (non-hydrogen) atoms. The first-order chi connectivity index (χ1) is 4.75. The van der Waals surface area contributed by atoms with E-state index in [2.05, 4.69) is 12.6 Å². The van der Waals surface area contributed by atoms with E-state index in [1.165, 1.54) is 0 Å². The lowest BCUT2D eigenvalue weighted by molar-refractivity contribution is 0.410. The zero-order valence-corrected chi connectivity index (χ0v) is 6.98. The second kappa shape index (κ2) is 2.97. The Hall–Kier alpha value is -0.630. The summed E-state index contributed by atoms with van der Waals surface area (Å²) in [4.78, 5) is 0.972. The molecule has 0 amide bonds. The first kappa shape index (κ1) is 7.48. The number of rotatable bonds is 1. The van der Waals surface area contributed by atoms with Gasteiger partial charge in [0.05, 0.1) is 7.11 Å². The molecule has 1 aromatic rings. The van der Waals surface area contributed by atoms with Crippen LogP contribution < -0.4 is 4.74 Å². The maximum Gasteiger partial charge on any atom is 0.122 e. The minimum Gasteiger partial charge on any atom is -0.496 e. The lowest BCUT2D eigenvalue weighted by atomic mass is 10.2. The van der Waals surface area contributed by atoms with Gasteiger partial charge in [0.15, 0.2) is 0 Å². The molecule has 1 nitrogen and oxygen atoms in total. The molecule has 0 saturated carbocycles. The fourth-order valence-corrected chi connectivity index (χ4v) is 1.02. The molecule has 2 heteroatoms. The third kappa shape index (κ3) is 1.27. The molecule has 0 spiro atoms. The van der Waals surface area contributed by atoms with Gasteiger partial charge in [-0.1, -0.05) is 6.07 Å². The average molecular weight is 154 g/mol. The number of benzene rings is 1. The normalized spacial score (nSPS) is 9.50. The Kier molecular flexibility index (Phi) is 2.22. The molecule has 0 bridgehead atoms. The minimum atomic E-state index is 0.896. The molecule has 0 aliphatic carbocycles. The van der Waals surface area contributed by atoms with Crippen molar-refractivity contribution in [2.75, 3.05) is 7.11 Å². The van der Waals surface area contributed by atoms with Crippen LogP contribution in [0, 0.1) is 6.92 Å². The predicted molar refractivity (Wildman–Crippen MR) is 45.0 cm³/mol. The van der Waals surface area contributed by atoms with E-state index in [4.69, 9.17) is 4.74 Å². The Bertz CT molecular complexity index is 233. The summed E-state index contributed by atoms with van der Waals surface area (Å²) in [5, 5.41) is 0. The lowest BCUT2D eigenvalue weighted by Crippen LogP contribution is -1.86. The van der Waals surface area contributed by atoms with Crippen molar-refractivity contribution < 1.29 is 4.74 Å². The molecule has 0 saturated heterocycles. The van der Waals surface area contributed by atoms with Crippen LogP contribution in [0.2, 0.25) is 0 Å². The Morgan fingerprint density at radius 3 is 2.60 bits per heavy atom. The van der Waals surface area contributed by atoms with Crippen LogP contribution >= 0.6 is 12.6 Å². The molecule has 0 unspecified atom stereocenters. The summed E-state index contributed by atoms with van der Waals surface area (Å²) >= 11 is 4.24. The summed E-state index contributed by atoms with van der Waals surface area (Å²) in [5.41, 5.74) is 1.09. The van der Waals surface area contributed by atoms with Crippen LogP contribution in [0.1, 0.15) is 5.56 Å². The SMILES string of the molecule is COc1cccc(S)c1C. The standard InChI is InChI=1S/C8H10OS/c1-6-7(9-2)4-3-5-8(6)10/h3-5,10H,1-2H3. The van der Waals surface area contributed by atoms with E-state index >= 15 is 0 Å². The van der Waals surface area contributed by atoms with E-state index in [1.54, 1.807) is 7.11 Å². The van der Waals surface area contributed by atoms with E-state index < -0.39 is 0 Å². The fraction of sp³-hybridized carbons (Fsp3) is 0.250. The van der Waals surface area contributed by atoms with Crippen LogP contribution in [0.4, 0.5) is 0 Å². The lowest BCUT2D eigenvalue weighted by Gasteiger charge is -2.04. The van der Waals surface area contributed by atoms with E-state index in [-0.39, 0.29) is 0 Å². The third-order valence-corrected chi connectivity index (χ3v) is 1.96. The van der Waals surface area contributed by atoms with Crippen LogP contribution in [0.15, 0.2) is 23.1 Å². The number of hydrogen-bond acceptors (Lipinski definition) is 2. The minimum absolute atomic E-state index is 0.896. The maximum atomic E-state index is 5.08. The third-order valence-electron chi connectivity index (χ3n) is 1.48. The molecular formula is C8H10OS. The van der Waals surface area contributed by atoms with Gasteiger partial charge < -0.3 is 4.74 Å². The van der Waals surface area contributed by atoms with Crippen LogP contribution in [-0.4, -0.2) is 7.11 Å². The predicted octanol–water partition coefficient (Wildman–Crippen LogP) is 2.29. The van der Waals surface area contributed by atoms with Gasteiger partial charge >= 0.3 is 0 Å². The molecule has 0 aliphatic heterocycles. The summed E-state index contributed by atoms with van der Waals surface area (Å²) in [5.74, 6) is 0.896. The Morgan fingerprint density at radius 2 is 2.10 bits per heavy atom. The quantitative estimate of drug-likeness (QED) is 0.611. The summed E-state index contributed by atoms with van der Waals surface area (Å²) in [6, 6.07) is 5.80. The van der Waals surface area contributed by atoms with E-state index in [1.807, 2.05) is 25.1 Å². The highest BCUT2D eigenvalue weighted by Gasteiger charge is 1.98. The molecule has 0 N–H and O–H groups in total. The van der Waals surface area contributed by atoms with Crippen molar-refractivity contribution in [3.8, 4) is 5.75 Å². The van der Waals surface area contributed by atoms with E-state index in [9.17, 15) is 0 Å². The average Bonchev–Trinajstić information content (AvgIpc) is 1.95. The van der Waals surface area contributed by atoms with Crippen molar-refractivity contribution in [2.24, 2.45) is 0 Å². The van der Waals surface area contributed by atoms with Gasteiger partial charge in [-0.05, 0) is 19.1 Å². The van der Waals surface area contributed by atoms with Crippen molar-refractivity contribution in [3.05, 3.63) is 23.8 Å². The summed E-state index contributed by atoms with van der Waals surface area (Å²) in [6.45, 7) is 1.99. The number of ether oxygens (including phenoxy) is 1. The highest BCUT2D eigenvalue weighted by molar-refractivity contribution is 7.80. The van der Waals surface area contributed by atoms with Gasteiger partial charge in [-0.25, -0.2) is 0 Å². The highest BCUT2D eigenvalue weighted by atomic mass is 32.1.